The molecule has 28 heavy (non-hydrogen) atoms. The van der Waals surface area contributed by atoms with Crippen molar-refractivity contribution in [3.05, 3.63) is 83.2 Å². The molecule has 0 radical (unpaired) electrons. The Morgan fingerprint density at radius 1 is 0.964 bits per heavy atom. The zero-order valence-electron chi connectivity index (χ0n) is 16.3. The molecule has 2 aliphatic rings. The van der Waals surface area contributed by atoms with E-state index < -0.39 is 0 Å². The molecule has 2 aromatic carbocycles. The molecular formula is C24H26N4. The Hall–Kier alpha value is -2.88. The summed E-state index contributed by atoms with van der Waals surface area (Å²) in [7, 11) is 0. The Balaban J connectivity index is 1.43. The molecule has 1 aliphatic carbocycles. The predicted octanol–water partition coefficient (Wildman–Crippen LogP) is 4.92. The maximum absolute atomic E-state index is 4.97. The van der Waals surface area contributed by atoms with Crippen LogP contribution < -0.4 is 10.2 Å². The molecule has 4 nitrogen and oxygen atoms in total. The van der Waals surface area contributed by atoms with Gasteiger partial charge in [-0.15, -0.1) is 0 Å². The molecule has 0 saturated heterocycles. The van der Waals surface area contributed by atoms with E-state index in [9.17, 15) is 0 Å². The van der Waals surface area contributed by atoms with E-state index in [0.29, 0.717) is 12.0 Å². The van der Waals surface area contributed by atoms with Crippen LogP contribution in [0, 0.1) is 0 Å². The van der Waals surface area contributed by atoms with Crippen LogP contribution in [-0.4, -0.2) is 16.0 Å². The van der Waals surface area contributed by atoms with E-state index in [-0.39, 0.29) is 0 Å². The molecule has 1 N–H and O–H groups in total. The van der Waals surface area contributed by atoms with Gasteiger partial charge in [-0.1, -0.05) is 54.6 Å². The first-order valence-electron chi connectivity index (χ1n) is 10.3. The van der Waals surface area contributed by atoms with E-state index in [1.807, 2.05) is 6.07 Å². The van der Waals surface area contributed by atoms with Crippen molar-refractivity contribution in [3.8, 4) is 0 Å². The summed E-state index contributed by atoms with van der Waals surface area (Å²) in [6.07, 6.45) is 3.48. The number of nitrogens with one attached hydrogen (secondary N) is 1. The molecule has 0 amide bonds. The third-order valence-electron chi connectivity index (χ3n) is 5.79. The highest BCUT2D eigenvalue weighted by molar-refractivity contribution is 5.53. The number of anilines is 2. The fraction of sp³-hybridized carbons (Fsp3) is 0.333. The smallest absolute Gasteiger partial charge is 0.136 e. The van der Waals surface area contributed by atoms with Crippen molar-refractivity contribution < 1.29 is 0 Å². The van der Waals surface area contributed by atoms with Gasteiger partial charge >= 0.3 is 0 Å². The van der Waals surface area contributed by atoms with Crippen molar-refractivity contribution in [3.63, 3.8) is 0 Å². The van der Waals surface area contributed by atoms with E-state index in [0.717, 1.165) is 37.0 Å². The van der Waals surface area contributed by atoms with Crippen LogP contribution in [0.5, 0.6) is 0 Å². The van der Waals surface area contributed by atoms with Crippen LogP contribution in [0.25, 0.3) is 0 Å². The molecule has 1 fully saturated rings. The number of nitrogens with zero attached hydrogens (tertiary/aromatic N) is 3. The molecule has 3 aromatic rings. The summed E-state index contributed by atoms with van der Waals surface area (Å²) in [4.78, 5) is 12.2. The minimum atomic E-state index is 0.429. The van der Waals surface area contributed by atoms with Gasteiger partial charge in [0.25, 0.3) is 0 Å². The highest BCUT2D eigenvalue weighted by atomic mass is 15.2. The minimum Gasteiger partial charge on any atom is -0.366 e. The van der Waals surface area contributed by atoms with E-state index >= 15 is 0 Å². The van der Waals surface area contributed by atoms with Crippen LogP contribution in [0.2, 0.25) is 0 Å². The van der Waals surface area contributed by atoms with Crippen LogP contribution in [0.4, 0.5) is 11.6 Å². The lowest BCUT2D eigenvalue weighted by molar-refractivity contribution is 0.585. The number of benzene rings is 2. The number of aromatic nitrogens is 2. The van der Waals surface area contributed by atoms with Gasteiger partial charge < -0.3 is 10.2 Å². The predicted molar refractivity (Wildman–Crippen MR) is 114 cm³/mol. The second-order valence-electron chi connectivity index (χ2n) is 8.03. The van der Waals surface area contributed by atoms with Gasteiger partial charge in [0.15, 0.2) is 0 Å². The summed E-state index contributed by atoms with van der Waals surface area (Å²) in [6.45, 7) is 3.99. The molecule has 0 unspecified atom stereocenters. The molecule has 0 bridgehead atoms. The minimum absolute atomic E-state index is 0.429. The Morgan fingerprint density at radius 2 is 1.71 bits per heavy atom. The van der Waals surface area contributed by atoms with Crippen LogP contribution in [0.3, 0.4) is 0 Å². The van der Waals surface area contributed by atoms with Gasteiger partial charge in [0.05, 0.1) is 0 Å². The highest BCUT2D eigenvalue weighted by Crippen LogP contribution is 2.39. The first-order chi connectivity index (χ1) is 13.8. The van der Waals surface area contributed by atoms with Crippen molar-refractivity contribution in [1.29, 1.82) is 0 Å². The lowest BCUT2D eigenvalue weighted by atomic mass is 9.95. The van der Waals surface area contributed by atoms with Crippen molar-refractivity contribution >= 4 is 11.6 Å². The monoisotopic (exact) mass is 370 g/mol. The standard InChI is InChI=1S/C24H26N4/c1-17-13-20-9-5-6-10-21(20)16-28(17)23-14-22(26-24(27-23)19-11-12-19)25-15-18-7-3-2-4-8-18/h2-10,14,17,19H,11-13,15-16H2,1H3,(H,25,26,27)/t17-/m0/s1. The third-order valence-corrected chi connectivity index (χ3v) is 5.79. The fourth-order valence-electron chi connectivity index (χ4n) is 3.99. The molecule has 142 valence electrons. The first kappa shape index (κ1) is 17.2. The zero-order valence-corrected chi connectivity index (χ0v) is 16.3. The van der Waals surface area contributed by atoms with Gasteiger partial charge in [0.1, 0.15) is 17.5 Å². The van der Waals surface area contributed by atoms with Gasteiger partial charge in [-0.2, -0.15) is 0 Å². The molecule has 4 heteroatoms. The zero-order chi connectivity index (χ0) is 18.9. The summed E-state index contributed by atoms with van der Waals surface area (Å²) in [6, 6.07) is 21.8. The largest absolute Gasteiger partial charge is 0.366 e. The molecule has 0 spiro atoms. The molecule has 1 aliphatic heterocycles. The van der Waals surface area contributed by atoms with Crippen molar-refractivity contribution in [1.82, 2.24) is 9.97 Å². The Morgan fingerprint density at radius 3 is 2.50 bits per heavy atom. The van der Waals surface area contributed by atoms with Gasteiger partial charge in [0, 0.05) is 31.1 Å². The third kappa shape index (κ3) is 3.59. The van der Waals surface area contributed by atoms with Gasteiger partial charge in [-0.3, -0.25) is 0 Å². The summed E-state index contributed by atoms with van der Waals surface area (Å²) >= 11 is 0. The summed E-state index contributed by atoms with van der Waals surface area (Å²) in [5.74, 6) is 3.51. The second kappa shape index (κ2) is 7.27. The van der Waals surface area contributed by atoms with Crippen molar-refractivity contribution in [2.75, 3.05) is 10.2 Å². The van der Waals surface area contributed by atoms with Gasteiger partial charge in [0.2, 0.25) is 0 Å². The maximum atomic E-state index is 4.97. The van der Waals surface area contributed by atoms with Crippen LogP contribution in [0.1, 0.15) is 48.2 Å². The lowest BCUT2D eigenvalue weighted by Crippen LogP contribution is -2.39. The molecule has 2 heterocycles. The number of fused-ring (bicyclic) bond motifs is 1. The van der Waals surface area contributed by atoms with Gasteiger partial charge in [-0.25, -0.2) is 9.97 Å². The molecule has 1 saturated carbocycles. The van der Waals surface area contributed by atoms with Crippen LogP contribution in [-0.2, 0) is 19.5 Å². The van der Waals surface area contributed by atoms with Crippen molar-refractivity contribution in [2.24, 2.45) is 0 Å². The SMILES string of the molecule is C[C@H]1Cc2ccccc2CN1c1cc(NCc2ccccc2)nc(C2CC2)n1. The average Bonchev–Trinajstić information content (AvgIpc) is 3.58. The van der Waals surface area contributed by atoms with E-state index in [1.165, 1.54) is 29.5 Å². The maximum Gasteiger partial charge on any atom is 0.136 e. The number of rotatable bonds is 5. The van der Waals surface area contributed by atoms with Crippen LogP contribution >= 0.6 is 0 Å². The summed E-state index contributed by atoms with van der Waals surface area (Å²) in [5, 5.41) is 3.52. The van der Waals surface area contributed by atoms with Crippen LogP contribution in [0.15, 0.2) is 60.7 Å². The van der Waals surface area contributed by atoms with Crippen molar-refractivity contribution in [2.45, 2.75) is 51.2 Å². The summed E-state index contributed by atoms with van der Waals surface area (Å²) < 4.78 is 0. The quantitative estimate of drug-likeness (QED) is 0.692. The second-order valence-corrected chi connectivity index (χ2v) is 8.03. The van der Waals surface area contributed by atoms with Gasteiger partial charge in [-0.05, 0) is 42.9 Å². The lowest BCUT2D eigenvalue weighted by Gasteiger charge is -2.36. The summed E-state index contributed by atoms with van der Waals surface area (Å²) in [5.41, 5.74) is 4.13. The highest BCUT2D eigenvalue weighted by Gasteiger charge is 2.30. The number of hydrogen-bond donors (Lipinski definition) is 1. The average molecular weight is 371 g/mol. The molecule has 5 rings (SSSR count). The van der Waals surface area contributed by atoms with E-state index in [2.05, 4.69) is 71.7 Å². The molecule has 1 atom stereocenters. The van der Waals surface area contributed by atoms with E-state index in [1.54, 1.807) is 0 Å². The Kier molecular flexibility index (Phi) is 4.47. The van der Waals surface area contributed by atoms with E-state index in [4.69, 9.17) is 9.97 Å². The Labute approximate surface area is 166 Å². The first-order valence-corrected chi connectivity index (χ1v) is 10.3. The normalized spacial score (nSPS) is 18.6. The topological polar surface area (TPSA) is 41.0 Å². The molecular weight excluding hydrogens is 344 g/mol. The number of hydrogen-bond acceptors (Lipinski definition) is 4. The fourth-order valence-corrected chi connectivity index (χ4v) is 3.99. The Bertz CT molecular complexity index is 965. The molecule has 1 aromatic heterocycles.